The minimum atomic E-state index is -1.81. The molecule has 0 amide bonds. The SMILES string of the molecule is CC(C)N(C(C)C)P(OCCC#N)OC1c2c(cccc2[N+](=O)[O-])Cc2cccc([N+](=O)[O-])c21. The molecule has 2 aromatic rings. The monoisotopic (exact) mass is 486 g/mol. The molecule has 0 heterocycles. The van der Waals surface area contributed by atoms with Crippen molar-refractivity contribution in [2.45, 2.75) is 58.7 Å². The summed E-state index contributed by atoms with van der Waals surface area (Å²) < 4.78 is 14.5. The van der Waals surface area contributed by atoms with E-state index in [0.717, 1.165) is 0 Å². The summed E-state index contributed by atoms with van der Waals surface area (Å²) in [6.07, 6.45) is -0.612. The van der Waals surface area contributed by atoms with Crippen molar-refractivity contribution in [3.8, 4) is 6.07 Å². The lowest BCUT2D eigenvalue weighted by atomic mass is 9.82. The second-order valence-corrected chi connectivity index (χ2v) is 9.83. The van der Waals surface area contributed by atoms with Crippen molar-refractivity contribution in [2.24, 2.45) is 0 Å². The summed E-state index contributed by atoms with van der Waals surface area (Å²) in [5, 5.41) is 32.9. The van der Waals surface area contributed by atoms with Gasteiger partial charge in [-0.05, 0) is 45.2 Å². The van der Waals surface area contributed by atoms with Crippen molar-refractivity contribution in [2.75, 3.05) is 6.61 Å². The Hall–Kier alpha value is -2.96. The van der Waals surface area contributed by atoms with Crippen LogP contribution in [0.5, 0.6) is 0 Å². The molecule has 0 radical (unpaired) electrons. The van der Waals surface area contributed by atoms with E-state index in [-0.39, 0.29) is 36.5 Å². The Kier molecular flexibility index (Phi) is 8.28. The molecule has 2 aromatic carbocycles. The van der Waals surface area contributed by atoms with Crippen LogP contribution in [0.2, 0.25) is 0 Å². The van der Waals surface area contributed by atoms with E-state index in [1.807, 2.05) is 38.4 Å². The highest BCUT2D eigenvalue weighted by Crippen LogP contribution is 2.55. The molecule has 34 heavy (non-hydrogen) atoms. The summed E-state index contributed by atoms with van der Waals surface area (Å²) in [7, 11) is -1.81. The van der Waals surface area contributed by atoms with Gasteiger partial charge < -0.3 is 9.05 Å². The van der Waals surface area contributed by atoms with Crippen LogP contribution in [0.4, 0.5) is 11.4 Å². The quantitative estimate of drug-likeness (QED) is 0.178. The Morgan fingerprint density at radius 3 is 1.94 bits per heavy atom. The zero-order chi connectivity index (χ0) is 25.0. The van der Waals surface area contributed by atoms with Gasteiger partial charge in [0.2, 0.25) is 0 Å². The van der Waals surface area contributed by atoms with Crippen molar-refractivity contribution >= 4 is 19.9 Å². The van der Waals surface area contributed by atoms with Gasteiger partial charge in [-0.15, -0.1) is 0 Å². The van der Waals surface area contributed by atoms with Crippen molar-refractivity contribution in [1.29, 1.82) is 5.26 Å². The fourth-order valence-corrected chi connectivity index (χ4v) is 5.97. The fourth-order valence-electron chi connectivity index (χ4n) is 4.27. The molecule has 1 aliphatic carbocycles. The normalized spacial score (nSPS) is 14.1. The van der Waals surface area contributed by atoms with E-state index >= 15 is 0 Å². The molecule has 0 spiro atoms. The second kappa shape index (κ2) is 11.0. The number of hydrogen-bond acceptors (Lipinski definition) is 8. The number of rotatable bonds is 10. The molecule has 1 unspecified atom stereocenters. The highest BCUT2D eigenvalue weighted by atomic mass is 31.2. The van der Waals surface area contributed by atoms with Gasteiger partial charge in [0, 0.05) is 24.2 Å². The molecule has 180 valence electrons. The van der Waals surface area contributed by atoms with E-state index in [2.05, 4.69) is 0 Å². The Morgan fingerprint density at radius 2 is 1.53 bits per heavy atom. The van der Waals surface area contributed by atoms with Gasteiger partial charge in [0.1, 0.15) is 6.10 Å². The molecule has 1 aliphatic rings. The highest BCUT2D eigenvalue weighted by molar-refractivity contribution is 7.44. The fraction of sp³-hybridized carbons (Fsp3) is 0.435. The number of fused-ring (bicyclic) bond motifs is 2. The predicted molar refractivity (Wildman–Crippen MR) is 127 cm³/mol. The van der Waals surface area contributed by atoms with Gasteiger partial charge in [-0.2, -0.15) is 5.26 Å². The van der Waals surface area contributed by atoms with Crippen LogP contribution in [0.1, 0.15) is 62.5 Å². The summed E-state index contributed by atoms with van der Waals surface area (Å²) in [5.41, 5.74) is 1.66. The lowest BCUT2D eigenvalue weighted by molar-refractivity contribution is -0.387. The molecule has 0 bridgehead atoms. The Morgan fingerprint density at radius 1 is 1.03 bits per heavy atom. The number of nitriles is 1. The van der Waals surface area contributed by atoms with Crippen LogP contribution in [-0.4, -0.2) is 33.2 Å². The van der Waals surface area contributed by atoms with Gasteiger partial charge in [0.05, 0.1) is 40.1 Å². The van der Waals surface area contributed by atoms with Gasteiger partial charge in [-0.3, -0.25) is 20.2 Å². The molecule has 0 aromatic heterocycles. The average molecular weight is 486 g/mol. The molecule has 0 aliphatic heterocycles. The van der Waals surface area contributed by atoms with Crippen LogP contribution >= 0.6 is 8.53 Å². The van der Waals surface area contributed by atoms with E-state index in [1.165, 1.54) is 12.1 Å². The molecule has 0 saturated carbocycles. The zero-order valence-corrected chi connectivity index (χ0v) is 20.4. The van der Waals surface area contributed by atoms with Crippen LogP contribution in [0, 0.1) is 31.6 Å². The molecule has 1 atom stereocenters. The summed E-state index contributed by atoms with van der Waals surface area (Å²) >= 11 is 0. The van der Waals surface area contributed by atoms with Crippen molar-refractivity contribution in [1.82, 2.24) is 4.67 Å². The van der Waals surface area contributed by atoms with Crippen LogP contribution in [0.3, 0.4) is 0 Å². The molecular formula is C23H27N4O6P. The van der Waals surface area contributed by atoms with E-state index in [0.29, 0.717) is 28.7 Å². The number of nitrogens with zero attached hydrogens (tertiary/aromatic N) is 4. The molecule has 10 nitrogen and oxygen atoms in total. The third-order valence-corrected chi connectivity index (χ3v) is 7.60. The highest BCUT2D eigenvalue weighted by Gasteiger charge is 2.41. The number of hydrogen-bond donors (Lipinski definition) is 0. The Balaban J connectivity index is 2.21. The van der Waals surface area contributed by atoms with Crippen LogP contribution in [0.15, 0.2) is 36.4 Å². The van der Waals surface area contributed by atoms with E-state index in [1.54, 1.807) is 24.3 Å². The van der Waals surface area contributed by atoms with Crippen molar-refractivity contribution < 1.29 is 18.9 Å². The molecule has 3 rings (SSSR count). The number of nitro groups is 2. The molecule has 0 N–H and O–H groups in total. The Labute approximate surface area is 199 Å². The predicted octanol–water partition coefficient (Wildman–Crippen LogP) is 5.79. The second-order valence-electron chi connectivity index (χ2n) is 8.42. The summed E-state index contributed by atoms with van der Waals surface area (Å²) in [5.74, 6) is 0. The number of benzene rings is 2. The topological polar surface area (TPSA) is 132 Å². The van der Waals surface area contributed by atoms with E-state index < -0.39 is 24.5 Å². The van der Waals surface area contributed by atoms with Gasteiger partial charge >= 0.3 is 0 Å². The minimum Gasteiger partial charge on any atom is -0.321 e. The maximum Gasteiger partial charge on any atom is 0.275 e. The molecule has 0 saturated heterocycles. The summed E-state index contributed by atoms with van der Waals surface area (Å²) in [4.78, 5) is 22.9. The van der Waals surface area contributed by atoms with Gasteiger partial charge in [-0.1, -0.05) is 24.3 Å². The third-order valence-electron chi connectivity index (χ3n) is 5.50. The van der Waals surface area contributed by atoms with Crippen molar-refractivity contribution in [3.63, 3.8) is 0 Å². The first-order valence-electron chi connectivity index (χ1n) is 10.9. The van der Waals surface area contributed by atoms with Gasteiger partial charge in [0.15, 0.2) is 0 Å². The van der Waals surface area contributed by atoms with Crippen LogP contribution < -0.4 is 0 Å². The summed E-state index contributed by atoms with van der Waals surface area (Å²) in [6, 6.07) is 11.6. The Bertz CT molecular complexity index is 1050. The maximum atomic E-state index is 11.9. The van der Waals surface area contributed by atoms with Crippen molar-refractivity contribution in [3.05, 3.63) is 78.9 Å². The van der Waals surface area contributed by atoms with Gasteiger partial charge in [-0.25, -0.2) is 4.67 Å². The molecule has 0 fully saturated rings. The lowest BCUT2D eigenvalue weighted by Crippen LogP contribution is -2.34. The molecular weight excluding hydrogens is 459 g/mol. The first-order valence-corrected chi connectivity index (χ1v) is 12.1. The van der Waals surface area contributed by atoms with Crippen LogP contribution in [-0.2, 0) is 15.5 Å². The standard InChI is InChI=1S/C23H27N4O6P/c1-15(2)25(16(3)4)34(32-13-7-12-24)33-23-21-17(8-5-10-19(21)26(28)29)14-18-9-6-11-20(22(18)23)27(30)31/h5-6,8-11,15-16,23H,7,13-14H2,1-4H3. The lowest BCUT2D eigenvalue weighted by Gasteiger charge is -2.38. The first-order chi connectivity index (χ1) is 16.2. The van der Waals surface area contributed by atoms with Gasteiger partial charge in [0.25, 0.3) is 19.9 Å². The largest absolute Gasteiger partial charge is 0.321 e. The number of nitro benzene ring substituents is 2. The van der Waals surface area contributed by atoms with E-state index in [9.17, 15) is 20.2 Å². The summed E-state index contributed by atoms with van der Waals surface area (Å²) in [6.45, 7) is 8.00. The van der Waals surface area contributed by atoms with Crippen LogP contribution in [0.25, 0.3) is 0 Å². The third kappa shape index (κ3) is 5.24. The average Bonchev–Trinajstić information content (AvgIpc) is 2.77. The maximum absolute atomic E-state index is 11.9. The minimum absolute atomic E-state index is 0.00718. The van der Waals surface area contributed by atoms with E-state index in [4.69, 9.17) is 14.3 Å². The molecule has 11 heteroatoms. The first kappa shape index (κ1) is 25.7. The smallest absolute Gasteiger partial charge is 0.275 e. The zero-order valence-electron chi connectivity index (χ0n) is 19.5.